The van der Waals surface area contributed by atoms with Gasteiger partial charge in [0.25, 0.3) is 0 Å². The van der Waals surface area contributed by atoms with Crippen LogP contribution in [0.25, 0.3) is 0 Å². The van der Waals surface area contributed by atoms with Crippen LogP contribution in [-0.2, 0) is 0 Å². The Hall–Kier alpha value is -0.670. The predicted molar refractivity (Wildman–Crippen MR) is 53.3 cm³/mol. The maximum Gasteiger partial charge on any atom is 0.0452 e. The van der Waals surface area contributed by atoms with Gasteiger partial charge < -0.3 is 10.8 Å². The number of nitrogen functional groups attached to an aromatic ring is 1. The molecule has 1 aromatic carbocycles. The van der Waals surface area contributed by atoms with Crippen molar-refractivity contribution in [3.63, 3.8) is 0 Å². The summed E-state index contributed by atoms with van der Waals surface area (Å²) in [5.74, 6) is 0.921. The average molecular weight is 183 g/mol. The largest absolute Gasteiger partial charge is 0.398 e. The molecule has 3 heteroatoms. The second-order valence-electron chi connectivity index (χ2n) is 2.46. The molecule has 0 bridgehead atoms. The van der Waals surface area contributed by atoms with Gasteiger partial charge in [-0.15, -0.1) is 11.8 Å². The van der Waals surface area contributed by atoms with E-state index in [4.69, 9.17) is 10.8 Å². The Bertz CT molecular complexity index is 240. The zero-order valence-corrected chi connectivity index (χ0v) is 7.68. The van der Waals surface area contributed by atoms with Crippen LogP contribution in [0.2, 0.25) is 0 Å². The summed E-state index contributed by atoms with van der Waals surface area (Å²) < 4.78 is 0. The molecule has 0 unspecified atom stereocenters. The Morgan fingerprint density at radius 1 is 1.33 bits per heavy atom. The molecule has 0 aromatic heterocycles. The van der Waals surface area contributed by atoms with E-state index in [1.54, 1.807) is 11.8 Å². The van der Waals surface area contributed by atoms with Gasteiger partial charge in [-0.1, -0.05) is 12.1 Å². The van der Waals surface area contributed by atoms with Crippen molar-refractivity contribution in [1.82, 2.24) is 0 Å². The molecule has 0 heterocycles. The molecule has 0 aliphatic carbocycles. The molecule has 0 aliphatic heterocycles. The van der Waals surface area contributed by atoms with Crippen molar-refractivity contribution in [1.29, 1.82) is 0 Å². The van der Waals surface area contributed by atoms with Crippen molar-refractivity contribution in [2.45, 2.75) is 11.3 Å². The molecule has 2 nitrogen and oxygen atoms in total. The van der Waals surface area contributed by atoms with E-state index in [-0.39, 0.29) is 6.61 Å². The van der Waals surface area contributed by atoms with Crippen LogP contribution in [0.1, 0.15) is 6.42 Å². The fourth-order valence-electron chi connectivity index (χ4n) is 0.859. The number of benzene rings is 1. The minimum atomic E-state index is 0.250. The van der Waals surface area contributed by atoms with Gasteiger partial charge in [-0.2, -0.15) is 0 Å². The zero-order valence-electron chi connectivity index (χ0n) is 6.86. The van der Waals surface area contributed by atoms with Gasteiger partial charge in [0, 0.05) is 22.9 Å². The summed E-state index contributed by atoms with van der Waals surface area (Å²) in [6.45, 7) is 0.250. The number of aliphatic hydroxyl groups is 1. The van der Waals surface area contributed by atoms with Gasteiger partial charge in [-0.05, 0) is 18.6 Å². The van der Waals surface area contributed by atoms with Crippen LogP contribution in [0.15, 0.2) is 29.2 Å². The number of hydrogen-bond donors (Lipinski definition) is 2. The smallest absolute Gasteiger partial charge is 0.0452 e. The highest BCUT2D eigenvalue weighted by atomic mass is 32.2. The van der Waals surface area contributed by atoms with Crippen molar-refractivity contribution >= 4 is 17.4 Å². The van der Waals surface area contributed by atoms with Crippen molar-refractivity contribution in [3.05, 3.63) is 24.3 Å². The summed E-state index contributed by atoms with van der Waals surface area (Å²) in [6, 6.07) is 7.78. The van der Waals surface area contributed by atoms with Crippen LogP contribution in [0.5, 0.6) is 0 Å². The van der Waals surface area contributed by atoms with Gasteiger partial charge in [0.2, 0.25) is 0 Å². The van der Waals surface area contributed by atoms with Crippen LogP contribution in [0.3, 0.4) is 0 Å². The van der Waals surface area contributed by atoms with Gasteiger partial charge in [-0.25, -0.2) is 0 Å². The molecule has 0 atom stereocenters. The highest BCUT2D eigenvalue weighted by Gasteiger charge is 1.96. The van der Waals surface area contributed by atoms with Crippen LogP contribution >= 0.6 is 11.8 Å². The standard InChI is InChI=1S/C9H13NOS/c10-8-4-1-2-5-9(8)12-7-3-6-11/h1-2,4-5,11H,3,6-7,10H2. The second-order valence-corrected chi connectivity index (χ2v) is 3.60. The van der Waals surface area contributed by atoms with Crippen LogP contribution in [0.4, 0.5) is 5.69 Å². The molecule has 0 saturated carbocycles. The Labute approximate surface area is 76.8 Å². The number of nitrogens with two attached hydrogens (primary N) is 1. The minimum Gasteiger partial charge on any atom is -0.398 e. The van der Waals surface area contributed by atoms with Crippen LogP contribution in [-0.4, -0.2) is 17.5 Å². The van der Waals surface area contributed by atoms with E-state index in [0.29, 0.717) is 0 Å². The first-order chi connectivity index (χ1) is 5.84. The molecule has 3 N–H and O–H groups in total. The van der Waals surface area contributed by atoms with E-state index < -0.39 is 0 Å². The Kier molecular flexibility index (Phi) is 3.97. The summed E-state index contributed by atoms with van der Waals surface area (Å²) in [6.07, 6.45) is 0.818. The van der Waals surface area contributed by atoms with Gasteiger partial charge >= 0.3 is 0 Å². The van der Waals surface area contributed by atoms with Gasteiger partial charge in [0.15, 0.2) is 0 Å². The Balaban J connectivity index is 2.46. The summed E-state index contributed by atoms with van der Waals surface area (Å²) in [5, 5.41) is 8.57. The van der Waals surface area contributed by atoms with E-state index in [2.05, 4.69) is 0 Å². The molecule has 0 radical (unpaired) electrons. The zero-order chi connectivity index (χ0) is 8.81. The molecule has 1 rings (SSSR count). The molecular weight excluding hydrogens is 170 g/mol. The molecule has 0 amide bonds. The highest BCUT2D eigenvalue weighted by molar-refractivity contribution is 7.99. The molecule has 12 heavy (non-hydrogen) atoms. The van der Waals surface area contributed by atoms with Crippen molar-refractivity contribution in [3.8, 4) is 0 Å². The van der Waals surface area contributed by atoms with E-state index in [9.17, 15) is 0 Å². The third-order valence-corrected chi connectivity index (χ3v) is 2.65. The van der Waals surface area contributed by atoms with E-state index in [0.717, 1.165) is 22.8 Å². The lowest BCUT2D eigenvalue weighted by Gasteiger charge is -2.02. The van der Waals surface area contributed by atoms with Crippen LogP contribution in [0, 0.1) is 0 Å². The normalized spacial score (nSPS) is 10.1. The number of anilines is 1. The fourth-order valence-corrected chi connectivity index (χ4v) is 1.76. The maximum atomic E-state index is 8.57. The van der Waals surface area contributed by atoms with Crippen molar-refractivity contribution in [2.24, 2.45) is 0 Å². The monoisotopic (exact) mass is 183 g/mol. The van der Waals surface area contributed by atoms with E-state index >= 15 is 0 Å². The predicted octanol–water partition coefficient (Wildman–Crippen LogP) is 1.74. The van der Waals surface area contributed by atoms with Crippen LogP contribution < -0.4 is 5.73 Å². The lowest BCUT2D eigenvalue weighted by atomic mass is 10.3. The first-order valence-electron chi connectivity index (χ1n) is 3.93. The third-order valence-electron chi connectivity index (χ3n) is 1.48. The molecule has 0 saturated heterocycles. The molecule has 0 fully saturated rings. The van der Waals surface area contributed by atoms with E-state index in [1.165, 1.54) is 0 Å². The summed E-state index contributed by atoms with van der Waals surface area (Å²) in [5.41, 5.74) is 6.54. The molecule has 0 aliphatic rings. The molecule has 1 aromatic rings. The second kappa shape index (κ2) is 5.06. The fraction of sp³-hybridized carbons (Fsp3) is 0.333. The minimum absolute atomic E-state index is 0.250. The Morgan fingerprint density at radius 2 is 2.08 bits per heavy atom. The SMILES string of the molecule is Nc1ccccc1SCCCO. The van der Waals surface area contributed by atoms with Crippen molar-refractivity contribution in [2.75, 3.05) is 18.1 Å². The topological polar surface area (TPSA) is 46.2 Å². The van der Waals surface area contributed by atoms with E-state index in [1.807, 2.05) is 24.3 Å². The maximum absolute atomic E-state index is 8.57. The molecular formula is C9H13NOS. The Morgan fingerprint density at radius 3 is 2.75 bits per heavy atom. The summed E-state index contributed by atoms with van der Waals surface area (Å²) in [7, 11) is 0. The number of aliphatic hydroxyl groups excluding tert-OH is 1. The molecule has 0 spiro atoms. The van der Waals surface area contributed by atoms with Crippen molar-refractivity contribution < 1.29 is 5.11 Å². The molecule has 66 valence electrons. The summed E-state index contributed by atoms with van der Waals surface area (Å²) in [4.78, 5) is 1.10. The van der Waals surface area contributed by atoms with Gasteiger partial charge in [0.1, 0.15) is 0 Å². The summed E-state index contributed by atoms with van der Waals surface area (Å²) >= 11 is 1.69. The highest BCUT2D eigenvalue weighted by Crippen LogP contribution is 2.24. The average Bonchev–Trinajstić information content (AvgIpc) is 2.09. The van der Waals surface area contributed by atoms with Gasteiger partial charge in [-0.3, -0.25) is 0 Å². The number of thioether (sulfide) groups is 1. The first kappa shape index (κ1) is 9.42. The lowest BCUT2D eigenvalue weighted by Crippen LogP contribution is -1.90. The number of rotatable bonds is 4. The quantitative estimate of drug-likeness (QED) is 0.424. The number of hydrogen-bond acceptors (Lipinski definition) is 3. The first-order valence-corrected chi connectivity index (χ1v) is 4.91. The lowest BCUT2D eigenvalue weighted by molar-refractivity contribution is 0.296. The number of para-hydroxylation sites is 1. The third kappa shape index (κ3) is 2.75. The van der Waals surface area contributed by atoms with Gasteiger partial charge in [0.05, 0.1) is 0 Å².